The fourth-order valence-electron chi connectivity index (χ4n) is 5.37. The van der Waals surface area contributed by atoms with E-state index in [9.17, 15) is 9.18 Å². The largest absolute Gasteiger partial charge is 0.363 e. The van der Waals surface area contributed by atoms with E-state index >= 15 is 0 Å². The lowest BCUT2D eigenvalue weighted by molar-refractivity contribution is 0.0656. The molecule has 0 spiro atoms. The van der Waals surface area contributed by atoms with Gasteiger partial charge in [0.15, 0.2) is 0 Å². The van der Waals surface area contributed by atoms with Gasteiger partial charge in [-0.05, 0) is 63.3 Å². The van der Waals surface area contributed by atoms with Gasteiger partial charge in [0.05, 0.1) is 5.69 Å². The van der Waals surface area contributed by atoms with E-state index in [0.717, 1.165) is 50.2 Å². The Morgan fingerprint density at radius 2 is 2.10 bits per heavy atom. The molecule has 1 aromatic heterocycles. The van der Waals surface area contributed by atoms with E-state index in [-0.39, 0.29) is 17.3 Å². The first-order valence-electron chi connectivity index (χ1n) is 10.7. The van der Waals surface area contributed by atoms with E-state index in [1.165, 1.54) is 6.07 Å². The third-order valence-electron chi connectivity index (χ3n) is 6.47. The first-order valence-corrected chi connectivity index (χ1v) is 10.7. The van der Waals surface area contributed by atoms with Crippen molar-refractivity contribution in [2.24, 2.45) is 13.0 Å². The van der Waals surface area contributed by atoms with E-state index in [1.54, 1.807) is 16.8 Å². The van der Waals surface area contributed by atoms with Crippen LogP contribution in [0.15, 0.2) is 30.3 Å². The molecule has 1 amide bonds. The molecule has 4 rings (SSSR count). The minimum absolute atomic E-state index is 0.0665. The first-order chi connectivity index (χ1) is 13.8. The molecular weight excluding hydrogens is 367 g/mol. The van der Waals surface area contributed by atoms with E-state index in [2.05, 4.69) is 30.8 Å². The number of anilines is 1. The second-order valence-electron chi connectivity index (χ2n) is 9.13. The third kappa shape index (κ3) is 3.65. The minimum atomic E-state index is -0.201. The Balaban J connectivity index is 1.53. The van der Waals surface area contributed by atoms with Crippen molar-refractivity contribution in [3.05, 3.63) is 47.5 Å². The summed E-state index contributed by atoms with van der Waals surface area (Å²) >= 11 is 0. The Labute approximate surface area is 172 Å². The number of benzene rings is 1. The zero-order chi connectivity index (χ0) is 20.8. The van der Waals surface area contributed by atoms with Gasteiger partial charge in [-0.3, -0.25) is 9.48 Å². The monoisotopic (exact) mass is 398 g/mol. The molecule has 156 valence electrons. The molecule has 2 aromatic rings. The summed E-state index contributed by atoms with van der Waals surface area (Å²) in [5, 5.41) is 4.49. The van der Waals surface area contributed by atoms with Crippen molar-refractivity contribution < 1.29 is 9.18 Å². The molecule has 0 N–H and O–H groups in total. The zero-order valence-corrected chi connectivity index (χ0v) is 17.9. The number of fused-ring (bicyclic) bond motifs is 1. The number of piperidine rings is 1. The summed E-state index contributed by atoms with van der Waals surface area (Å²) in [5.74, 6) is 0.255. The number of nitrogens with zero attached hydrogens (tertiary/aromatic N) is 4. The molecule has 2 atom stereocenters. The average Bonchev–Trinajstić information content (AvgIpc) is 3.15. The average molecular weight is 399 g/mol. The number of halogens is 1. The molecule has 0 radical (unpaired) electrons. The molecule has 5 nitrogen and oxygen atoms in total. The van der Waals surface area contributed by atoms with Crippen LogP contribution < -0.4 is 4.90 Å². The molecular formula is C23H31FN4O. The lowest BCUT2D eigenvalue weighted by Gasteiger charge is -2.41. The topological polar surface area (TPSA) is 41.4 Å². The van der Waals surface area contributed by atoms with Gasteiger partial charge in [0.1, 0.15) is 11.5 Å². The van der Waals surface area contributed by atoms with Crippen LogP contribution in [0.4, 0.5) is 10.1 Å². The van der Waals surface area contributed by atoms with Gasteiger partial charge in [0, 0.05) is 37.4 Å². The molecule has 2 aliphatic rings. The number of likely N-dealkylation sites (tertiary alicyclic amines) is 1. The molecule has 6 heteroatoms. The van der Waals surface area contributed by atoms with Crippen LogP contribution in [0.2, 0.25) is 0 Å². The van der Waals surface area contributed by atoms with Crippen LogP contribution in [0.25, 0.3) is 0 Å². The Morgan fingerprint density at radius 3 is 2.83 bits per heavy atom. The highest BCUT2D eigenvalue weighted by Gasteiger charge is 2.48. The van der Waals surface area contributed by atoms with Gasteiger partial charge < -0.3 is 9.80 Å². The standard InChI is InChI=1S/C23H31FN4O/c1-5-7-18-13-21(26(4)25-18)22(29)27-11-10-20-16(15-27)14-23(2,3)28(20)19-9-6-8-17(24)12-19/h6,8-9,12-13,16,20H,5,7,10-11,14-15H2,1-4H3/t16-,20+/m1/s1. The van der Waals surface area contributed by atoms with E-state index in [0.29, 0.717) is 17.7 Å². The summed E-state index contributed by atoms with van der Waals surface area (Å²) < 4.78 is 15.6. The summed E-state index contributed by atoms with van der Waals surface area (Å²) in [6.07, 6.45) is 3.80. The highest BCUT2D eigenvalue weighted by Crippen LogP contribution is 2.44. The molecule has 0 saturated carbocycles. The molecule has 2 aliphatic heterocycles. The van der Waals surface area contributed by atoms with Crippen molar-refractivity contribution in [2.75, 3.05) is 18.0 Å². The van der Waals surface area contributed by atoms with Crippen LogP contribution in [-0.4, -0.2) is 45.3 Å². The Kier molecular flexibility index (Phi) is 5.13. The summed E-state index contributed by atoms with van der Waals surface area (Å²) in [6.45, 7) is 8.03. The molecule has 0 bridgehead atoms. The molecule has 0 unspecified atom stereocenters. The van der Waals surface area contributed by atoms with Crippen LogP contribution in [-0.2, 0) is 13.5 Å². The van der Waals surface area contributed by atoms with E-state index in [4.69, 9.17) is 0 Å². The van der Waals surface area contributed by atoms with Gasteiger partial charge in [0.25, 0.3) is 5.91 Å². The van der Waals surface area contributed by atoms with Crippen molar-refractivity contribution in [2.45, 2.75) is 58.0 Å². The lowest BCUT2D eigenvalue weighted by atomic mass is 9.89. The molecule has 3 heterocycles. The fourth-order valence-corrected chi connectivity index (χ4v) is 5.37. The highest BCUT2D eigenvalue weighted by atomic mass is 19.1. The Hall–Kier alpha value is -2.37. The predicted molar refractivity (Wildman–Crippen MR) is 113 cm³/mol. The van der Waals surface area contributed by atoms with Crippen molar-refractivity contribution in [1.82, 2.24) is 14.7 Å². The smallest absolute Gasteiger partial charge is 0.272 e. The maximum Gasteiger partial charge on any atom is 0.272 e. The minimum Gasteiger partial charge on any atom is -0.363 e. The van der Waals surface area contributed by atoms with Gasteiger partial charge >= 0.3 is 0 Å². The molecule has 2 fully saturated rings. The number of aryl methyl sites for hydroxylation is 2. The maximum absolute atomic E-state index is 13.9. The molecule has 1 aromatic carbocycles. The second kappa shape index (κ2) is 7.47. The number of carbonyl (C=O) groups is 1. The number of rotatable bonds is 4. The van der Waals surface area contributed by atoms with Gasteiger partial charge in [-0.1, -0.05) is 19.4 Å². The first kappa shape index (κ1) is 19.9. The van der Waals surface area contributed by atoms with Gasteiger partial charge in [0.2, 0.25) is 0 Å². The summed E-state index contributed by atoms with van der Waals surface area (Å²) in [4.78, 5) is 17.6. The number of hydrogen-bond acceptors (Lipinski definition) is 3. The van der Waals surface area contributed by atoms with Crippen molar-refractivity contribution >= 4 is 11.6 Å². The van der Waals surface area contributed by atoms with Gasteiger partial charge in [-0.25, -0.2) is 4.39 Å². The van der Waals surface area contributed by atoms with Gasteiger partial charge in [-0.15, -0.1) is 0 Å². The fraction of sp³-hybridized carbons (Fsp3) is 0.565. The molecule has 29 heavy (non-hydrogen) atoms. The Morgan fingerprint density at radius 1 is 1.31 bits per heavy atom. The maximum atomic E-state index is 13.9. The van der Waals surface area contributed by atoms with Crippen LogP contribution in [0.5, 0.6) is 0 Å². The van der Waals surface area contributed by atoms with Gasteiger partial charge in [-0.2, -0.15) is 5.10 Å². The quantitative estimate of drug-likeness (QED) is 0.781. The van der Waals surface area contributed by atoms with Crippen LogP contribution in [0.3, 0.4) is 0 Å². The molecule has 2 saturated heterocycles. The predicted octanol–water partition coefficient (Wildman–Crippen LogP) is 4.03. The van der Waals surface area contributed by atoms with Crippen LogP contribution in [0.1, 0.15) is 56.2 Å². The summed E-state index contributed by atoms with van der Waals surface area (Å²) in [7, 11) is 1.85. The van der Waals surface area contributed by atoms with Crippen LogP contribution >= 0.6 is 0 Å². The van der Waals surface area contributed by atoms with Crippen molar-refractivity contribution in [1.29, 1.82) is 0 Å². The number of amides is 1. The number of carbonyl (C=O) groups excluding carboxylic acids is 1. The summed E-state index contributed by atoms with van der Waals surface area (Å²) in [5.41, 5.74) is 2.53. The van der Waals surface area contributed by atoms with Crippen molar-refractivity contribution in [3.63, 3.8) is 0 Å². The SMILES string of the molecule is CCCc1cc(C(=O)N2CC[C@H]3[C@@H](C2)CC(C)(C)N3c2cccc(F)c2)n(C)n1. The Bertz CT molecular complexity index is 906. The number of hydrogen-bond donors (Lipinski definition) is 0. The third-order valence-corrected chi connectivity index (χ3v) is 6.47. The van der Waals surface area contributed by atoms with E-state index < -0.39 is 0 Å². The molecule has 0 aliphatic carbocycles. The normalized spacial score (nSPS) is 23.3. The highest BCUT2D eigenvalue weighted by molar-refractivity contribution is 5.92. The summed E-state index contributed by atoms with van der Waals surface area (Å²) in [6, 6.07) is 9.17. The number of aromatic nitrogens is 2. The lowest BCUT2D eigenvalue weighted by Crippen LogP contribution is -2.50. The zero-order valence-electron chi connectivity index (χ0n) is 17.9. The van der Waals surface area contributed by atoms with Crippen LogP contribution in [0, 0.1) is 11.7 Å². The van der Waals surface area contributed by atoms with E-state index in [1.807, 2.05) is 24.1 Å². The van der Waals surface area contributed by atoms with Crippen molar-refractivity contribution in [3.8, 4) is 0 Å². The second-order valence-corrected chi connectivity index (χ2v) is 9.13.